The summed E-state index contributed by atoms with van der Waals surface area (Å²) in [7, 11) is 0. The number of phenols is 2. The summed E-state index contributed by atoms with van der Waals surface area (Å²) >= 11 is 0. The van der Waals surface area contributed by atoms with Crippen LogP contribution in [0.3, 0.4) is 0 Å². The zero-order chi connectivity index (χ0) is 12.4. The van der Waals surface area contributed by atoms with E-state index in [1.165, 1.54) is 12.1 Å². The fourth-order valence-electron chi connectivity index (χ4n) is 1.85. The highest BCUT2D eigenvalue weighted by atomic mass is 16.3. The third-order valence-corrected chi connectivity index (χ3v) is 2.91. The molecular weight excluding hydrogens is 214 g/mol. The van der Waals surface area contributed by atoms with Gasteiger partial charge in [-0.3, -0.25) is 0 Å². The van der Waals surface area contributed by atoms with E-state index in [1.54, 1.807) is 6.07 Å². The second-order valence-corrected chi connectivity index (χ2v) is 4.13. The maximum atomic E-state index is 9.79. The molecule has 0 amide bonds. The molecule has 0 saturated carbocycles. The highest BCUT2D eigenvalue weighted by Crippen LogP contribution is 2.33. The predicted octanol–water partition coefficient (Wildman–Crippen LogP) is 2.83. The van der Waals surface area contributed by atoms with E-state index in [4.69, 9.17) is 5.73 Å². The minimum atomic E-state index is 0.00250. The molecule has 0 bridgehead atoms. The van der Waals surface area contributed by atoms with Gasteiger partial charge in [-0.25, -0.2) is 0 Å². The molecule has 2 aromatic carbocycles. The molecule has 0 heterocycles. The first-order valence-electron chi connectivity index (χ1n) is 5.45. The van der Waals surface area contributed by atoms with Crippen molar-refractivity contribution in [2.45, 2.75) is 12.8 Å². The van der Waals surface area contributed by atoms with Crippen LogP contribution in [-0.2, 0) is 0 Å². The number of hydrogen-bond acceptors (Lipinski definition) is 3. The van der Waals surface area contributed by atoms with Crippen LogP contribution in [0, 0.1) is 0 Å². The van der Waals surface area contributed by atoms with Crippen molar-refractivity contribution >= 4 is 5.69 Å². The van der Waals surface area contributed by atoms with E-state index in [2.05, 4.69) is 0 Å². The predicted molar refractivity (Wildman–Crippen MR) is 68.1 cm³/mol. The van der Waals surface area contributed by atoms with Crippen molar-refractivity contribution in [2.75, 3.05) is 5.73 Å². The minimum absolute atomic E-state index is 0.00250. The van der Waals surface area contributed by atoms with Crippen LogP contribution in [0.5, 0.6) is 11.5 Å². The van der Waals surface area contributed by atoms with Gasteiger partial charge in [0, 0.05) is 17.2 Å². The number of phenolic OH excluding ortho intramolecular Hbond substituents is 2. The van der Waals surface area contributed by atoms with Gasteiger partial charge in [0.05, 0.1) is 0 Å². The lowest BCUT2D eigenvalue weighted by Crippen LogP contribution is -1.97. The molecule has 0 aromatic heterocycles. The average molecular weight is 229 g/mol. The van der Waals surface area contributed by atoms with E-state index in [1.807, 2.05) is 31.2 Å². The van der Waals surface area contributed by atoms with Crippen LogP contribution in [-0.4, -0.2) is 10.2 Å². The average Bonchev–Trinajstić information content (AvgIpc) is 2.32. The maximum Gasteiger partial charge on any atom is 0.119 e. The van der Waals surface area contributed by atoms with Crippen molar-refractivity contribution in [1.82, 2.24) is 0 Å². The Labute approximate surface area is 100 Å². The highest BCUT2D eigenvalue weighted by Gasteiger charge is 2.13. The minimum Gasteiger partial charge on any atom is -0.508 e. The van der Waals surface area contributed by atoms with Crippen molar-refractivity contribution in [3.63, 3.8) is 0 Å². The molecule has 0 spiro atoms. The van der Waals surface area contributed by atoms with Crippen molar-refractivity contribution in [1.29, 1.82) is 0 Å². The first-order valence-corrected chi connectivity index (χ1v) is 5.45. The Balaban J connectivity index is 2.39. The van der Waals surface area contributed by atoms with Crippen LogP contribution < -0.4 is 5.73 Å². The zero-order valence-corrected chi connectivity index (χ0v) is 9.59. The third kappa shape index (κ3) is 2.33. The molecular formula is C14H15NO2. The Bertz CT molecular complexity index is 520. The SMILES string of the molecule is CC(c1ccc(N)cc1)c1cc(O)ccc1O. The van der Waals surface area contributed by atoms with E-state index >= 15 is 0 Å². The Morgan fingerprint density at radius 3 is 2.29 bits per heavy atom. The Morgan fingerprint density at radius 1 is 1.00 bits per heavy atom. The smallest absolute Gasteiger partial charge is 0.119 e. The van der Waals surface area contributed by atoms with Gasteiger partial charge in [-0.2, -0.15) is 0 Å². The number of rotatable bonds is 2. The number of hydrogen-bond donors (Lipinski definition) is 3. The quantitative estimate of drug-likeness (QED) is 0.548. The van der Waals surface area contributed by atoms with Gasteiger partial charge in [0.15, 0.2) is 0 Å². The topological polar surface area (TPSA) is 66.5 Å². The summed E-state index contributed by atoms with van der Waals surface area (Å²) in [5, 5.41) is 19.2. The van der Waals surface area contributed by atoms with Crippen LogP contribution in [0.25, 0.3) is 0 Å². The first kappa shape index (κ1) is 11.3. The van der Waals surface area contributed by atoms with Crippen molar-refractivity contribution in [3.05, 3.63) is 53.6 Å². The second kappa shape index (κ2) is 4.37. The van der Waals surface area contributed by atoms with Crippen LogP contribution in [0.15, 0.2) is 42.5 Å². The van der Waals surface area contributed by atoms with E-state index in [-0.39, 0.29) is 17.4 Å². The molecule has 1 atom stereocenters. The maximum absolute atomic E-state index is 9.79. The first-order chi connectivity index (χ1) is 8.08. The molecule has 4 N–H and O–H groups in total. The number of anilines is 1. The molecule has 1 unspecified atom stereocenters. The Hall–Kier alpha value is -2.16. The van der Waals surface area contributed by atoms with Crippen LogP contribution in [0.1, 0.15) is 24.0 Å². The number of nitrogen functional groups attached to an aromatic ring is 1. The second-order valence-electron chi connectivity index (χ2n) is 4.13. The highest BCUT2D eigenvalue weighted by molar-refractivity contribution is 5.47. The molecule has 0 aliphatic rings. The van der Waals surface area contributed by atoms with Crippen LogP contribution in [0.2, 0.25) is 0 Å². The molecule has 0 aliphatic heterocycles. The van der Waals surface area contributed by atoms with Gasteiger partial charge in [0.1, 0.15) is 11.5 Å². The van der Waals surface area contributed by atoms with Crippen molar-refractivity contribution < 1.29 is 10.2 Å². The van der Waals surface area contributed by atoms with Crippen molar-refractivity contribution in [2.24, 2.45) is 0 Å². The summed E-state index contributed by atoms with van der Waals surface area (Å²) in [5.41, 5.74) is 8.08. The lowest BCUT2D eigenvalue weighted by Gasteiger charge is -2.14. The molecule has 3 heteroatoms. The molecule has 0 saturated heterocycles. The van der Waals surface area contributed by atoms with E-state index in [9.17, 15) is 10.2 Å². The molecule has 0 aliphatic carbocycles. The molecule has 2 aromatic rings. The fraction of sp³-hybridized carbons (Fsp3) is 0.143. The summed E-state index contributed by atoms with van der Waals surface area (Å²) in [5.74, 6) is 0.343. The van der Waals surface area contributed by atoms with Gasteiger partial charge in [-0.1, -0.05) is 19.1 Å². The van der Waals surface area contributed by atoms with Crippen LogP contribution in [0.4, 0.5) is 5.69 Å². The van der Waals surface area contributed by atoms with Gasteiger partial charge < -0.3 is 15.9 Å². The van der Waals surface area contributed by atoms with Gasteiger partial charge in [-0.05, 0) is 35.9 Å². The van der Waals surface area contributed by atoms with E-state index in [0.717, 1.165) is 5.56 Å². The summed E-state index contributed by atoms with van der Waals surface area (Å²) in [4.78, 5) is 0. The van der Waals surface area contributed by atoms with E-state index < -0.39 is 0 Å². The number of nitrogens with two attached hydrogens (primary N) is 1. The van der Waals surface area contributed by atoms with Gasteiger partial charge in [0.25, 0.3) is 0 Å². The molecule has 2 rings (SSSR count). The van der Waals surface area contributed by atoms with Crippen molar-refractivity contribution in [3.8, 4) is 11.5 Å². The summed E-state index contributed by atoms with van der Waals surface area (Å²) in [6, 6.07) is 12.0. The number of benzene rings is 2. The normalized spacial score (nSPS) is 12.3. The monoisotopic (exact) mass is 229 g/mol. The van der Waals surface area contributed by atoms with Crippen LogP contribution >= 0.6 is 0 Å². The Morgan fingerprint density at radius 2 is 1.65 bits per heavy atom. The van der Waals surface area contributed by atoms with E-state index in [0.29, 0.717) is 11.3 Å². The lowest BCUT2D eigenvalue weighted by molar-refractivity contribution is 0.452. The van der Waals surface area contributed by atoms with Gasteiger partial charge in [0.2, 0.25) is 0 Å². The zero-order valence-electron chi connectivity index (χ0n) is 9.59. The molecule has 0 radical (unpaired) electrons. The molecule has 3 nitrogen and oxygen atoms in total. The van der Waals surface area contributed by atoms with Gasteiger partial charge >= 0.3 is 0 Å². The summed E-state index contributed by atoms with van der Waals surface area (Å²) in [6.45, 7) is 1.97. The number of aromatic hydroxyl groups is 2. The largest absolute Gasteiger partial charge is 0.508 e. The summed E-state index contributed by atoms with van der Waals surface area (Å²) < 4.78 is 0. The Kier molecular flexibility index (Phi) is 2.91. The molecule has 88 valence electrons. The standard InChI is InChI=1S/C14H15NO2/c1-9(10-2-4-11(15)5-3-10)13-8-12(16)6-7-14(13)17/h2-9,16-17H,15H2,1H3. The summed E-state index contributed by atoms with van der Waals surface area (Å²) in [6.07, 6.45) is 0. The lowest BCUT2D eigenvalue weighted by atomic mass is 9.92. The third-order valence-electron chi connectivity index (χ3n) is 2.91. The molecule has 17 heavy (non-hydrogen) atoms. The van der Waals surface area contributed by atoms with Gasteiger partial charge in [-0.15, -0.1) is 0 Å². The fourth-order valence-corrected chi connectivity index (χ4v) is 1.85. The molecule has 0 fully saturated rings.